The summed E-state index contributed by atoms with van der Waals surface area (Å²) in [5.74, 6) is -0.660. The third kappa shape index (κ3) is 3.54. The van der Waals surface area contributed by atoms with Crippen LogP contribution >= 0.6 is 0 Å². The number of nitrogens with one attached hydrogen (secondary N) is 1. The Morgan fingerprint density at radius 2 is 2.00 bits per heavy atom. The Labute approximate surface area is 117 Å². The van der Waals surface area contributed by atoms with Crippen LogP contribution in [0.5, 0.6) is 0 Å². The second-order valence-electron chi connectivity index (χ2n) is 4.50. The number of hydrogen-bond acceptors (Lipinski definition) is 3. The number of imide groups is 1. The fraction of sp³-hybridized carbons (Fsp3) is 0.267. The molecule has 0 bridgehead atoms. The highest BCUT2D eigenvalue weighted by Crippen LogP contribution is 2.14. The highest BCUT2D eigenvalue weighted by molar-refractivity contribution is 6.04. The third-order valence-electron chi connectivity index (χ3n) is 3.08. The molecule has 0 radical (unpaired) electrons. The first kappa shape index (κ1) is 14.0. The van der Waals surface area contributed by atoms with E-state index in [-0.39, 0.29) is 24.3 Å². The van der Waals surface area contributed by atoms with Crippen molar-refractivity contribution in [3.05, 3.63) is 54.4 Å². The Balaban J connectivity index is 1.94. The number of carbonyl (C=O) groups is 2. The minimum absolute atomic E-state index is 0.0337. The maximum atomic E-state index is 11.9. The lowest BCUT2D eigenvalue weighted by molar-refractivity contribution is -0.121. The maximum Gasteiger partial charge on any atom is 0.257 e. The Morgan fingerprint density at radius 3 is 2.60 bits per heavy atom. The number of nitrogens with zero attached hydrogens (tertiary/aromatic N) is 2. The van der Waals surface area contributed by atoms with Crippen LogP contribution in [-0.4, -0.2) is 21.6 Å². The van der Waals surface area contributed by atoms with Gasteiger partial charge in [-0.3, -0.25) is 19.6 Å². The molecule has 104 valence electrons. The molecule has 1 N–H and O–H groups in total. The van der Waals surface area contributed by atoms with Crippen LogP contribution in [0.15, 0.2) is 48.8 Å². The smallest absolute Gasteiger partial charge is 0.257 e. The van der Waals surface area contributed by atoms with E-state index in [4.69, 9.17) is 0 Å². The second-order valence-corrected chi connectivity index (χ2v) is 4.50. The predicted molar refractivity (Wildman–Crippen MR) is 75.1 cm³/mol. The van der Waals surface area contributed by atoms with E-state index in [1.165, 1.54) is 0 Å². The molecule has 20 heavy (non-hydrogen) atoms. The first-order chi connectivity index (χ1) is 9.70. The van der Waals surface area contributed by atoms with Crippen molar-refractivity contribution in [3.63, 3.8) is 0 Å². The minimum Gasteiger partial charge on any atom is -0.292 e. The number of hydrogen-bond donors (Lipinski definition) is 1. The Hall–Kier alpha value is -2.43. The zero-order chi connectivity index (χ0) is 14.4. The zero-order valence-electron chi connectivity index (χ0n) is 11.3. The molecule has 2 amide bonds. The predicted octanol–water partition coefficient (Wildman–Crippen LogP) is 2.18. The van der Waals surface area contributed by atoms with Crippen molar-refractivity contribution < 1.29 is 9.59 Å². The third-order valence-corrected chi connectivity index (χ3v) is 3.08. The molecule has 0 spiro atoms. The molecular weight excluding hydrogens is 254 g/mol. The molecule has 1 atom stereocenters. The van der Waals surface area contributed by atoms with Crippen LogP contribution in [0.3, 0.4) is 0 Å². The van der Waals surface area contributed by atoms with Crippen molar-refractivity contribution in [2.75, 3.05) is 0 Å². The average Bonchev–Trinajstić information content (AvgIpc) is 2.99. The molecule has 1 aromatic heterocycles. The standard InChI is InChI=1S/C15H17N3O2/c1-2-13(18-10-6-9-16-18)11-14(19)17-15(20)12-7-4-3-5-8-12/h3-10,13H,2,11H2,1H3,(H,17,19,20). The van der Waals surface area contributed by atoms with Crippen LogP contribution in [0.1, 0.15) is 36.2 Å². The van der Waals surface area contributed by atoms with Crippen molar-refractivity contribution in [2.24, 2.45) is 0 Å². The molecule has 0 fully saturated rings. The highest BCUT2D eigenvalue weighted by atomic mass is 16.2. The van der Waals surface area contributed by atoms with Crippen LogP contribution in [-0.2, 0) is 4.79 Å². The van der Waals surface area contributed by atoms with E-state index >= 15 is 0 Å². The van der Waals surface area contributed by atoms with Crippen LogP contribution < -0.4 is 5.32 Å². The first-order valence-corrected chi connectivity index (χ1v) is 6.59. The molecule has 0 saturated carbocycles. The van der Waals surface area contributed by atoms with Crippen LogP contribution in [0.4, 0.5) is 0 Å². The summed E-state index contributed by atoms with van der Waals surface area (Å²) in [5, 5.41) is 6.53. The van der Waals surface area contributed by atoms with Gasteiger partial charge in [0.25, 0.3) is 5.91 Å². The van der Waals surface area contributed by atoms with E-state index < -0.39 is 0 Å². The van der Waals surface area contributed by atoms with Gasteiger partial charge in [-0.05, 0) is 24.6 Å². The quantitative estimate of drug-likeness (QED) is 0.906. The summed E-state index contributed by atoms with van der Waals surface area (Å²) < 4.78 is 1.74. The van der Waals surface area contributed by atoms with Gasteiger partial charge in [0.2, 0.25) is 5.91 Å². The number of aromatic nitrogens is 2. The molecule has 0 saturated heterocycles. The molecule has 0 aliphatic rings. The highest BCUT2D eigenvalue weighted by Gasteiger charge is 2.16. The fourth-order valence-electron chi connectivity index (χ4n) is 1.97. The lowest BCUT2D eigenvalue weighted by Crippen LogP contribution is -2.32. The van der Waals surface area contributed by atoms with Crippen molar-refractivity contribution in [3.8, 4) is 0 Å². The van der Waals surface area contributed by atoms with Gasteiger partial charge in [0.15, 0.2) is 0 Å². The van der Waals surface area contributed by atoms with Gasteiger partial charge in [-0.15, -0.1) is 0 Å². The first-order valence-electron chi connectivity index (χ1n) is 6.59. The summed E-state index contributed by atoms with van der Waals surface area (Å²) in [4.78, 5) is 23.8. The Kier molecular flexibility index (Phi) is 4.65. The number of amides is 2. The maximum absolute atomic E-state index is 11.9. The van der Waals surface area contributed by atoms with E-state index in [0.717, 1.165) is 6.42 Å². The van der Waals surface area contributed by atoms with Gasteiger partial charge in [-0.25, -0.2) is 0 Å². The molecule has 1 unspecified atom stereocenters. The van der Waals surface area contributed by atoms with E-state index in [1.54, 1.807) is 35.1 Å². The van der Waals surface area contributed by atoms with Gasteiger partial charge in [0.05, 0.1) is 6.04 Å². The Morgan fingerprint density at radius 1 is 1.25 bits per heavy atom. The summed E-state index contributed by atoms with van der Waals surface area (Å²) >= 11 is 0. The Bertz CT molecular complexity index is 564. The van der Waals surface area contributed by atoms with Gasteiger partial charge in [-0.1, -0.05) is 25.1 Å². The number of carbonyl (C=O) groups excluding carboxylic acids is 2. The largest absolute Gasteiger partial charge is 0.292 e. The average molecular weight is 271 g/mol. The zero-order valence-corrected chi connectivity index (χ0v) is 11.3. The van der Waals surface area contributed by atoms with Gasteiger partial charge < -0.3 is 0 Å². The minimum atomic E-state index is -0.370. The van der Waals surface area contributed by atoms with Crippen molar-refractivity contribution in [1.29, 1.82) is 0 Å². The van der Waals surface area contributed by atoms with Crippen LogP contribution in [0, 0.1) is 0 Å². The molecular formula is C15H17N3O2. The summed E-state index contributed by atoms with van der Waals surface area (Å²) in [6, 6.07) is 10.5. The summed E-state index contributed by atoms with van der Waals surface area (Å²) in [6.45, 7) is 1.98. The SMILES string of the molecule is CCC(CC(=O)NC(=O)c1ccccc1)n1cccn1. The molecule has 2 rings (SSSR count). The summed E-state index contributed by atoms with van der Waals surface area (Å²) in [5.41, 5.74) is 0.480. The van der Waals surface area contributed by atoms with E-state index in [2.05, 4.69) is 10.4 Å². The van der Waals surface area contributed by atoms with Crippen molar-refractivity contribution in [1.82, 2.24) is 15.1 Å². The molecule has 0 aliphatic heterocycles. The molecule has 2 aromatic rings. The van der Waals surface area contributed by atoms with Gasteiger partial charge in [0, 0.05) is 24.4 Å². The fourth-order valence-corrected chi connectivity index (χ4v) is 1.97. The van der Waals surface area contributed by atoms with Gasteiger partial charge in [0.1, 0.15) is 0 Å². The number of benzene rings is 1. The van der Waals surface area contributed by atoms with Crippen LogP contribution in [0.25, 0.3) is 0 Å². The molecule has 1 heterocycles. The lowest BCUT2D eigenvalue weighted by atomic mass is 10.1. The van der Waals surface area contributed by atoms with Crippen molar-refractivity contribution >= 4 is 11.8 Å². The number of rotatable bonds is 5. The van der Waals surface area contributed by atoms with Crippen molar-refractivity contribution in [2.45, 2.75) is 25.8 Å². The topological polar surface area (TPSA) is 64.0 Å². The molecule has 1 aromatic carbocycles. The summed E-state index contributed by atoms with van der Waals surface area (Å²) in [7, 11) is 0. The van der Waals surface area contributed by atoms with Crippen LogP contribution in [0.2, 0.25) is 0 Å². The second kappa shape index (κ2) is 6.65. The molecule has 5 nitrogen and oxygen atoms in total. The normalized spacial score (nSPS) is 11.8. The monoisotopic (exact) mass is 271 g/mol. The molecule has 5 heteroatoms. The molecule has 0 aliphatic carbocycles. The van der Waals surface area contributed by atoms with E-state index in [9.17, 15) is 9.59 Å². The van der Waals surface area contributed by atoms with E-state index in [1.807, 2.05) is 25.3 Å². The van der Waals surface area contributed by atoms with Gasteiger partial charge >= 0.3 is 0 Å². The summed E-state index contributed by atoms with van der Waals surface area (Å²) in [6.07, 6.45) is 4.50. The van der Waals surface area contributed by atoms with E-state index in [0.29, 0.717) is 5.56 Å². The lowest BCUT2D eigenvalue weighted by Gasteiger charge is -2.14. The van der Waals surface area contributed by atoms with Gasteiger partial charge in [-0.2, -0.15) is 5.10 Å².